The summed E-state index contributed by atoms with van der Waals surface area (Å²) in [6, 6.07) is 4.19. The monoisotopic (exact) mass is 181 g/mol. The van der Waals surface area contributed by atoms with Gasteiger partial charge in [0.25, 0.3) is 0 Å². The molecule has 0 spiro atoms. The van der Waals surface area contributed by atoms with Crippen LogP contribution in [-0.2, 0) is 6.54 Å². The van der Waals surface area contributed by atoms with Crippen molar-refractivity contribution in [3.8, 4) is 0 Å². The normalized spacial score (nSPS) is 27.2. The van der Waals surface area contributed by atoms with Gasteiger partial charge in [0.05, 0.1) is 12.6 Å². The fourth-order valence-corrected chi connectivity index (χ4v) is 1.53. The molecule has 3 nitrogen and oxygen atoms in total. The molecule has 0 aromatic carbocycles. The summed E-state index contributed by atoms with van der Waals surface area (Å²) in [4.78, 5) is 0. The summed E-state index contributed by atoms with van der Waals surface area (Å²) in [5.41, 5.74) is 0. The minimum Gasteiger partial charge on any atom is -0.465 e. The smallest absolute Gasteiger partial charge is 0.117 e. The highest BCUT2D eigenvalue weighted by atomic mass is 16.3. The van der Waals surface area contributed by atoms with Crippen LogP contribution in [0.3, 0.4) is 0 Å². The summed E-state index contributed by atoms with van der Waals surface area (Å²) in [5.74, 6) is 1.88. The Morgan fingerprint density at radius 2 is 2.38 bits per heavy atom. The van der Waals surface area contributed by atoms with Crippen molar-refractivity contribution >= 4 is 0 Å². The summed E-state index contributed by atoms with van der Waals surface area (Å²) < 4.78 is 5.39. The van der Waals surface area contributed by atoms with E-state index < -0.39 is 0 Å². The standard InChI is InChI=1S/C10H15NO2/c1-7-2-3-8(13-7)6-11-9-4-5-10(9)12/h2-3,9-12H,4-6H2,1H3/t9-,10-/m1/s1. The minimum absolute atomic E-state index is 0.156. The Morgan fingerprint density at radius 3 is 2.85 bits per heavy atom. The molecule has 0 radical (unpaired) electrons. The number of nitrogens with one attached hydrogen (secondary N) is 1. The van der Waals surface area contributed by atoms with Crippen molar-refractivity contribution in [2.45, 2.75) is 38.5 Å². The van der Waals surface area contributed by atoms with E-state index in [2.05, 4.69) is 5.32 Å². The number of rotatable bonds is 3. The first kappa shape index (κ1) is 8.78. The first-order chi connectivity index (χ1) is 6.25. The lowest BCUT2D eigenvalue weighted by molar-refractivity contribution is 0.0484. The number of hydrogen-bond donors (Lipinski definition) is 2. The molecule has 2 N–H and O–H groups in total. The third-order valence-corrected chi connectivity index (χ3v) is 2.57. The maximum atomic E-state index is 9.30. The minimum atomic E-state index is -0.156. The summed E-state index contributed by atoms with van der Waals surface area (Å²) >= 11 is 0. The lowest BCUT2D eigenvalue weighted by atomic mass is 9.89. The van der Waals surface area contributed by atoms with Gasteiger partial charge in [0, 0.05) is 6.04 Å². The number of aryl methyl sites for hydroxylation is 1. The van der Waals surface area contributed by atoms with Crippen molar-refractivity contribution in [1.29, 1.82) is 0 Å². The van der Waals surface area contributed by atoms with Gasteiger partial charge in [-0.2, -0.15) is 0 Å². The Balaban J connectivity index is 1.79. The van der Waals surface area contributed by atoms with Gasteiger partial charge in [-0.25, -0.2) is 0 Å². The molecule has 1 aromatic rings. The first-order valence-corrected chi connectivity index (χ1v) is 4.72. The molecule has 1 fully saturated rings. The Bertz CT molecular complexity index is 282. The molecular weight excluding hydrogens is 166 g/mol. The molecule has 1 aliphatic rings. The SMILES string of the molecule is Cc1ccc(CN[C@@H]2CC[C@H]2O)o1. The highest BCUT2D eigenvalue weighted by Crippen LogP contribution is 2.19. The van der Waals surface area contributed by atoms with Crippen LogP contribution < -0.4 is 5.32 Å². The van der Waals surface area contributed by atoms with Gasteiger partial charge in [0.2, 0.25) is 0 Å². The zero-order valence-corrected chi connectivity index (χ0v) is 7.79. The summed E-state index contributed by atoms with van der Waals surface area (Å²) in [6.07, 6.45) is 1.84. The van der Waals surface area contributed by atoms with Crippen LogP contribution in [-0.4, -0.2) is 17.3 Å². The molecule has 0 unspecified atom stereocenters. The van der Waals surface area contributed by atoms with E-state index in [4.69, 9.17) is 4.42 Å². The van der Waals surface area contributed by atoms with Crippen LogP contribution >= 0.6 is 0 Å². The highest BCUT2D eigenvalue weighted by Gasteiger charge is 2.27. The molecule has 13 heavy (non-hydrogen) atoms. The van der Waals surface area contributed by atoms with Crippen LogP contribution in [0.5, 0.6) is 0 Å². The first-order valence-electron chi connectivity index (χ1n) is 4.72. The van der Waals surface area contributed by atoms with Crippen molar-refractivity contribution in [2.75, 3.05) is 0 Å². The lowest BCUT2D eigenvalue weighted by Crippen LogP contribution is -2.47. The van der Waals surface area contributed by atoms with Gasteiger partial charge in [-0.1, -0.05) is 0 Å². The topological polar surface area (TPSA) is 45.4 Å². The van der Waals surface area contributed by atoms with Crippen LogP contribution in [0.1, 0.15) is 24.4 Å². The summed E-state index contributed by atoms with van der Waals surface area (Å²) in [5, 5.41) is 12.6. The molecule has 0 bridgehead atoms. The second-order valence-electron chi connectivity index (χ2n) is 3.64. The Hall–Kier alpha value is -0.800. The Labute approximate surface area is 77.8 Å². The van der Waals surface area contributed by atoms with Crippen molar-refractivity contribution in [3.63, 3.8) is 0 Å². The second-order valence-corrected chi connectivity index (χ2v) is 3.64. The van der Waals surface area contributed by atoms with Gasteiger partial charge in [-0.15, -0.1) is 0 Å². The molecule has 1 aliphatic carbocycles. The molecule has 2 rings (SSSR count). The van der Waals surface area contributed by atoms with Crippen molar-refractivity contribution < 1.29 is 9.52 Å². The Kier molecular flexibility index (Phi) is 2.38. The molecule has 1 heterocycles. The van der Waals surface area contributed by atoms with Gasteiger partial charge < -0.3 is 14.8 Å². The van der Waals surface area contributed by atoms with Gasteiger partial charge in [0.1, 0.15) is 11.5 Å². The van der Waals surface area contributed by atoms with Crippen molar-refractivity contribution in [3.05, 3.63) is 23.7 Å². The zero-order chi connectivity index (χ0) is 9.26. The van der Waals surface area contributed by atoms with E-state index in [0.717, 1.165) is 30.9 Å². The Morgan fingerprint density at radius 1 is 1.54 bits per heavy atom. The van der Waals surface area contributed by atoms with E-state index in [1.54, 1.807) is 0 Å². The fraction of sp³-hybridized carbons (Fsp3) is 0.600. The van der Waals surface area contributed by atoms with E-state index in [1.165, 1.54) is 0 Å². The maximum absolute atomic E-state index is 9.30. The molecule has 1 aromatic heterocycles. The van der Waals surface area contributed by atoms with Crippen LogP contribution in [0.4, 0.5) is 0 Å². The van der Waals surface area contributed by atoms with Gasteiger partial charge in [-0.05, 0) is 31.9 Å². The molecule has 1 saturated carbocycles. The third-order valence-electron chi connectivity index (χ3n) is 2.57. The number of aliphatic hydroxyl groups is 1. The maximum Gasteiger partial charge on any atom is 0.117 e. The fourth-order valence-electron chi connectivity index (χ4n) is 1.53. The predicted molar refractivity (Wildman–Crippen MR) is 49.3 cm³/mol. The van der Waals surface area contributed by atoms with E-state index in [0.29, 0.717) is 0 Å². The number of hydrogen-bond acceptors (Lipinski definition) is 3. The van der Waals surface area contributed by atoms with Crippen molar-refractivity contribution in [1.82, 2.24) is 5.32 Å². The summed E-state index contributed by atoms with van der Waals surface area (Å²) in [6.45, 7) is 2.65. The summed E-state index contributed by atoms with van der Waals surface area (Å²) in [7, 11) is 0. The number of furan rings is 1. The molecule has 0 aliphatic heterocycles. The number of aliphatic hydroxyl groups excluding tert-OH is 1. The average molecular weight is 181 g/mol. The molecule has 2 atom stereocenters. The third kappa shape index (κ3) is 1.92. The van der Waals surface area contributed by atoms with E-state index in [-0.39, 0.29) is 12.1 Å². The molecular formula is C10H15NO2. The highest BCUT2D eigenvalue weighted by molar-refractivity contribution is 5.05. The largest absolute Gasteiger partial charge is 0.465 e. The quantitative estimate of drug-likeness (QED) is 0.736. The second kappa shape index (κ2) is 3.52. The molecule has 3 heteroatoms. The van der Waals surface area contributed by atoms with Gasteiger partial charge in [0.15, 0.2) is 0 Å². The predicted octanol–water partition coefficient (Wildman–Crippen LogP) is 1.20. The van der Waals surface area contributed by atoms with Crippen LogP contribution in [0.15, 0.2) is 16.5 Å². The van der Waals surface area contributed by atoms with Crippen LogP contribution in [0.2, 0.25) is 0 Å². The zero-order valence-electron chi connectivity index (χ0n) is 7.79. The van der Waals surface area contributed by atoms with E-state index >= 15 is 0 Å². The van der Waals surface area contributed by atoms with Gasteiger partial charge in [-0.3, -0.25) is 0 Å². The molecule has 72 valence electrons. The van der Waals surface area contributed by atoms with Gasteiger partial charge >= 0.3 is 0 Å². The average Bonchev–Trinajstić information content (AvgIpc) is 2.49. The molecule has 0 amide bonds. The van der Waals surface area contributed by atoms with Crippen LogP contribution in [0.25, 0.3) is 0 Å². The molecule has 0 saturated heterocycles. The van der Waals surface area contributed by atoms with Crippen LogP contribution in [0, 0.1) is 6.92 Å². The lowest BCUT2D eigenvalue weighted by Gasteiger charge is -2.32. The van der Waals surface area contributed by atoms with Crippen molar-refractivity contribution in [2.24, 2.45) is 0 Å². The van der Waals surface area contributed by atoms with E-state index in [9.17, 15) is 5.11 Å². The van der Waals surface area contributed by atoms with E-state index in [1.807, 2.05) is 19.1 Å².